The van der Waals surface area contributed by atoms with Crippen LogP contribution in [0.3, 0.4) is 0 Å². The minimum absolute atomic E-state index is 0.932. The molecule has 164 valence electrons. The van der Waals surface area contributed by atoms with Crippen LogP contribution in [0.5, 0.6) is 0 Å². The summed E-state index contributed by atoms with van der Waals surface area (Å²) in [4.78, 5) is 11.2. The lowest BCUT2D eigenvalue weighted by atomic mass is 10.1. The van der Waals surface area contributed by atoms with Gasteiger partial charge in [0.05, 0.1) is 22.4 Å². The standard InChI is InChI=1S/C30H23N3S/c1-20-12-15-23(16-13-20)33-28(22-8-4-3-5-9-22)19-34-30(33)32-29-24-10-6-7-11-26(24)31-27-17-14-21(2)18-25(27)29/h3-19H,1-2H3. The highest BCUT2D eigenvalue weighted by molar-refractivity contribution is 7.07. The van der Waals surface area contributed by atoms with Crippen LogP contribution in [0.1, 0.15) is 11.1 Å². The molecule has 3 nitrogen and oxygen atoms in total. The maximum absolute atomic E-state index is 5.32. The van der Waals surface area contributed by atoms with Crippen LogP contribution in [0.25, 0.3) is 38.8 Å². The van der Waals surface area contributed by atoms with Crippen molar-refractivity contribution < 1.29 is 0 Å². The smallest absolute Gasteiger partial charge is 0.195 e. The molecule has 4 aromatic carbocycles. The normalized spacial score (nSPS) is 12.0. The van der Waals surface area contributed by atoms with Crippen LogP contribution in [0.15, 0.2) is 107 Å². The van der Waals surface area contributed by atoms with Gasteiger partial charge in [0.1, 0.15) is 0 Å². The zero-order valence-corrected chi connectivity index (χ0v) is 19.9. The van der Waals surface area contributed by atoms with E-state index in [0.717, 1.165) is 43.7 Å². The second-order valence-electron chi connectivity index (χ2n) is 8.55. The second kappa shape index (κ2) is 8.40. The van der Waals surface area contributed by atoms with Crippen LogP contribution in [0, 0.1) is 13.8 Å². The third kappa shape index (κ3) is 3.62. The van der Waals surface area contributed by atoms with Crippen LogP contribution in [-0.2, 0) is 0 Å². The van der Waals surface area contributed by atoms with Gasteiger partial charge in [-0.05, 0) is 49.7 Å². The van der Waals surface area contributed by atoms with Crippen LogP contribution < -0.4 is 4.80 Å². The number of rotatable bonds is 3. The molecular weight excluding hydrogens is 434 g/mol. The van der Waals surface area contributed by atoms with Crippen molar-refractivity contribution in [3.8, 4) is 16.9 Å². The average molecular weight is 458 g/mol. The summed E-state index contributed by atoms with van der Waals surface area (Å²) in [6, 6.07) is 33.8. The molecule has 0 radical (unpaired) electrons. The first-order valence-corrected chi connectivity index (χ1v) is 12.2. The minimum Gasteiger partial charge on any atom is -0.285 e. The molecule has 2 aromatic heterocycles. The quantitative estimate of drug-likeness (QED) is 0.250. The lowest BCUT2D eigenvalue weighted by molar-refractivity contribution is 1.01. The molecule has 0 amide bonds. The van der Waals surface area contributed by atoms with Crippen LogP contribution >= 0.6 is 11.3 Å². The Labute approximate surface area is 202 Å². The predicted molar refractivity (Wildman–Crippen MR) is 143 cm³/mol. The Morgan fingerprint density at radius 3 is 2.24 bits per heavy atom. The summed E-state index contributed by atoms with van der Waals surface area (Å²) in [5.74, 6) is 0. The van der Waals surface area contributed by atoms with Gasteiger partial charge in [0.2, 0.25) is 0 Å². The number of aryl methyl sites for hydroxylation is 2. The Morgan fingerprint density at radius 1 is 0.706 bits per heavy atom. The topological polar surface area (TPSA) is 30.2 Å². The number of benzene rings is 4. The number of fused-ring (bicyclic) bond motifs is 2. The van der Waals surface area contributed by atoms with E-state index >= 15 is 0 Å². The van der Waals surface area contributed by atoms with Gasteiger partial charge in [0.15, 0.2) is 4.80 Å². The summed E-state index contributed by atoms with van der Waals surface area (Å²) in [6.07, 6.45) is 0. The van der Waals surface area contributed by atoms with Crippen molar-refractivity contribution in [1.82, 2.24) is 9.55 Å². The molecule has 6 rings (SSSR count). The van der Waals surface area contributed by atoms with E-state index in [1.54, 1.807) is 11.3 Å². The Hall–Kier alpha value is -4.02. The van der Waals surface area contributed by atoms with E-state index in [2.05, 4.69) is 115 Å². The van der Waals surface area contributed by atoms with Crippen LogP contribution in [0.4, 0.5) is 5.69 Å². The van der Waals surface area contributed by atoms with Crippen molar-refractivity contribution in [3.05, 3.63) is 118 Å². The highest BCUT2D eigenvalue weighted by atomic mass is 32.1. The largest absolute Gasteiger partial charge is 0.285 e. The monoisotopic (exact) mass is 457 g/mol. The highest BCUT2D eigenvalue weighted by Gasteiger charge is 2.13. The summed E-state index contributed by atoms with van der Waals surface area (Å²) >= 11 is 1.66. The molecular formula is C30H23N3S. The third-order valence-corrected chi connectivity index (χ3v) is 6.91. The third-order valence-electron chi connectivity index (χ3n) is 6.08. The highest BCUT2D eigenvalue weighted by Crippen LogP contribution is 2.34. The maximum atomic E-state index is 5.32. The Kier molecular flexibility index (Phi) is 5.08. The van der Waals surface area contributed by atoms with Crippen molar-refractivity contribution >= 4 is 38.8 Å². The van der Waals surface area contributed by atoms with Gasteiger partial charge in [-0.15, -0.1) is 11.3 Å². The van der Waals surface area contributed by atoms with Crippen molar-refractivity contribution in [2.24, 2.45) is 4.99 Å². The van der Waals surface area contributed by atoms with Gasteiger partial charge in [-0.1, -0.05) is 77.9 Å². The van der Waals surface area contributed by atoms with Gasteiger partial charge in [-0.2, -0.15) is 0 Å². The van der Waals surface area contributed by atoms with Gasteiger partial charge in [0.25, 0.3) is 0 Å². The van der Waals surface area contributed by atoms with E-state index in [-0.39, 0.29) is 0 Å². The number of aromatic nitrogens is 2. The van der Waals surface area contributed by atoms with Gasteiger partial charge >= 0.3 is 0 Å². The summed E-state index contributed by atoms with van der Waals surface area (Å²) in [5.41, 5.74) is 8.72. The SMILES string of the molecule is Cc1ccc(-n2c(-c3ccccc3)csc2=Nc2c3ccccc3nc3ccc(C)cc23)cc1. The molecule has 0 aliphatic rings. The zero-order valence-electron chi connectivity index (χ0n) is 19.1. The number of para-hydroxylation sites is 1. The molecule has 0 atom stereocenters. The Bertz CT molecular complexity index is 1710. The van der Waals surface area contributed by atoms with E-state index in [1.807, 2.05) is 6.07 Å². The molecule has 0 bridgehead atoms. The fourth-order valence-electron chi connectivity index (χ4n) is 4.34. The number of nitrogens with zero attached hydrogens (tertiary/aromatic N) is 3. The number of thiazole rings is 1. The summed E-state index contributed by atoms with van der Waals surface area (Å²) in [5, 5.41) is 4.33. The molecule has 0 unspecified atom stereocenters. The summed E-state index contributed by atoms with van der Waals surface area (Å²) in [7, 11) is 0. The maximum Gasteiger partial charge on any atom is 0.195 e. The Morgan fingerprint density at radius 2 is 1.41 bits per heavy atom. The first-order valence-electron chi connectivity index (χ1n) is 11.3. The van der Waals surface area contributed by atoms with E-state index in [4.69, 9.17) is 9.98 Å². The first kappa shape index (κ1) is 20.6. The molecule has 0 saturated heterocycles. The molecule has 0 aliphatic carbocycles. The molecule has 0 fully saturated rings. The fourth-order valence-corrected chi connectivity index (χ4v) is 5.25. The van der Waals surface area contributed by atoms with Gasteiger partial charge in [-0.3, -0.25) is 4.57 Å². The molecule has 6 aromatic rings. The molecule has 0 saturated carbocycles. The number of pyridine rings is 1. The molecule has 0 spiro atoms. The summed E-state index contributed by atoms with van der Waals surface area (Å²) < 4.78 is 2.26. The van der Waals surface area contributed by atoms with E-state index < -0.39 is 0 Å². The van der Waals surface area contributed by atoms with Crippen molar-refractivity contribution in [2.75, 3.05) is 0 Å². The fraction of sp³-hybridized carbons (Fsp3) is 0.0667. The lowest BCUT2D eigenvalue weighted by Gasteiger charge is -2.11. The second-order valence-corrected chi connectivity index (χ2v) is 9.39. The van der Waals surface area contributed by atoms with Gasteiger partial charge < -0.3 is 0 Å². The minimum atomic E-state index is 0.932. The molecule has 0 aliphatic heterocycles. The average Bonchev–Trinajstić information content (AvgIpc) is 3.29. The number of hydrogen-bond acceptors (Lipinski definition) is 3. The predicted octanol–water partition coefficient (Wildman–Crippen LogP) is 7.76. The van der Waals surface area contributed by atoms with E-state index in [1.165, 1.54) is 16.7 Å². The van der Waals surface area contributed by atoms with Crippen molar-refractivity contribution in [1.29, 1.82) is 0 Å². The molecule has 0 N–H and O–H groups in total. The zero-order chi connectivity index (χ0) is 23.1. The van der Waals surface area contributed by atoms with Gasteiger partial charge in [0, 0.05) is 21.8 Å². The molecule has 4 heteroatoms. The molecule has 2 heterocycles. The lowest BCUT2D eigenvalue weighted by Crippen LogP contribution is -2.13. The first-order chi connectivity index (χ1) is 16.7. The molecule has 34 heavy (non-hydrogen) atoms. The Balaban J connectivity index is 1.71. The van der Waals surface area contributed by atoms with E-state index in [9.17, 15) is 0 Å². The van der Waals surface area contributed by atoms with Crippen molar-refractivity contribution in [3.63, 3.8) is 0 Å². The van der Waals surface area contributed by atoms with Crippen LogP contribution in [0.2, 0.25) is 0 Å². The van der Waals surface area contributed by atoms with Crippen LogP contribution in [-0.4, -0.2) is 9.55 Å². The van der Waals surface area contributed by atoms with E-state index in [0.29, 0.717) is 0 Å². The summed E-state index contributed by atoms with van der Waals surface area (Å²) in [6.45, 7) is 4.23. The number of hydrogen-bond donors (Lipinski definition) is 0. The van der Waals surface area contributed by atoms with Crippen molar-refractivity contribution in [2.45, 2.75) is 13.8 Å². The van der Waals surface area contributed by atoms with Gasteiger partial charge in [-0.25, -0.2) is 9.98 Å².